The summed E-state index contributed by atoms with van der Waals surface area (Å²) in [7, 11) is 0. The van der Waals surface area contributed by atoms with Crippen LogP contribution in [0.15, 0.2) is 34.9 Å². The number of carbonyl (C=O) groups excluding carboxylic acids is 1. The second-order valence-corrected chi connectivity index (χ2v) is 6.02. The van der Waals surface area contributed by atoms with E-state index < -0.39 is 0 Å². The predicted octanol–water partition coefficient (Wildman–Crippen LogP) is 3.67. The molecule has 1 aromatic carbocycles. The van der Waals surface area contributed by atoms with Gasteiger partial charge < -0.3 is 9.42 Å². The number of aromatic nitrogens is 1. The zero-order chi connectivity index (χ0) is 16.2. The second kappa shape index (κ2) is 6.94. The summed E-state index contributed by atoms with van der Waals surface area (Å²) in [5.74, 6) is 0.644. The Hall–Kier alpha value is -2.17. The van der Waals surface area contributed by atoms with E-state index in [1.807, 2.05) is 11.0 Å². The van der Waals surface area contributed by atoms with Gasteiger partial charge in [-0.1, -0.05) is 24.2 Å². The molecule has 2 aromatic rings. The molecule has 0 spiro atoms. The lowest BCUT2D eigenvalue weighted by molar-refractivity contribution is -0.131. The first-order chi connectivity index (χ1) is 11.2. The summed E-state index contributed by atoms with van der Waals surface area (Å²) in [4.78, 5) is 14.5. The Morgan fingerprint density at radius 1 is 1.39 bits per heavy atom. The fraction of sp³-hybridized carbons (Fsp3) is 0.444. The first kappa shape index (κ1) is 15.7. The van der Waals surface area contributed by atoms with Gasteiger partial charge in [-0.25, -0.2) is 4.39 Å². The molecular formula is C18H21FN2O2. The van der Waals surface area contributed by atoms with Gasteiger partial charge >= 0.3 is 0 Å². The van der Waals surface area contributed by atoms with Crippen molar-refractivity contribution in [2.45, 2.75) is 45.1 Å². The number of carbonyl (C=O) groups is 1. The molecule has 5 heteroatoms. The largest absolute Gasteiger partial charge is 0.361 e. The normalized spacial score (nSPS) is 17.7. The average molecular weight is 316 g/mol. The average Bonchev–Trinajstić information content (AvgIpc) is 3.18. The van der Waals surface area contributed by atoms with Crippen LogP contribution in [0, 0.1) is 5.82 Å². The van der Waals surface area contributed by atoms with E-state index in [0.717, 1.165) is 49.2 Å². The minimum absolute atomic E-state index is 0.00250. The molecule has 1 aromatic heterocycles. The van der Waals surface area contributed by atoms with Crippen LogP contribution < -0.4 is 0 Å². The highest BCUT2D eigenvalue weighted by Gasteiger charge is 2.32. The van der Waals surface area contributed by atoms with Crippen LogP contribution in [0.5, 0.6) is 0 Å². The van der Waals surface area contributed by atoms with Crippen LogP contribution in [0.3, 0.4) is 0 Å². The third kappa shape index (κ3) is 3.60. The predicted molar refractivity (Wildman–Crippen MR) is 84.3 cm³/mol. The number of benzene rings is 1. The van der Waals surface area contributed by atoms with Gasteiger partial charge in [-0.3, -0.25) is 4.79 Å². The summed E-state index contributed by atoms with van der Waals surface area (Å²) < 4.78 is 18.3. The number of hydrogen-bond donors (Lipinski definition) is 0. The van der Waals surface area contributed by atoms with Crippen LogP contribution >= 0.6 is 0 Å². The molecule has 1 aliphatic rings. The fourth-order valence-corrected chi connectivity index (χ4v) is 3.10. The highest BCUT2D eigenvalue weighted by molar-refractivity contribution is 5.79. The maximum Gasteiger partial charge on any atom is 0.227 e. The second-order valence-electron chi connectivity index (χ2n) is 6.02. The Bertz CT molecular complexity index is 666. The fourth-order valence-electron chi connectivity index (χ4n) is 3.10. The molecule has 2 heterocycles. The number of halogens is 1. The zero-order valence-corrected chi connectivity index (χ0v) is 13.3. The smallest absolute Gasteiger partial charge is 0.227 e. The molecule has 1 saturated heterocycles. The molecule has 122 valence electrons. The van der Waals surface area contributed by atoms with E-state index in [0.29, 0.717) is 0 Å². The summed E-state index contributed by atoms with van der Waals surface area (Å²) in [5, 5.41) is 4.15. The van der Waals surface area contributed by atoms with Crippen molar-refractivity contribution in [2.75, 3.05) is 6.54 Å². The maximum atomic E-state index is 13.0. The lowest BCUT2D eigenvalue weighted by atomic mass is 10.1. The molecule has 0 saturated carbocycles. The van der Waals surface area contributed by atoms with Crippen molar-refractivity contribution < 1.29 is 13.7 Å². The number of amides is 1. The molecule has 1 fully saturated rings. The Morgan fingerprint density at radius 3 is 2.91 bits per heavy atom. The third-order valence-corrected chi connectivity index (χ3v) is 4.26. The molecule has 3 rings (SSSR count). The lowest BCUT2D eigenvalue weighted by Gasteiger charge is -2.23. The summed E-state index contributed by atoms with van der Waals surface area (Å²) in [6.45, 7) is 2.83. The van der Waals surface area contributed by atoms with Gasteiger partial charge in [0.25, 0.3) is 0 Å². The summed E-state index contributed by atoms with van der Waals surface area (Å²) in [6.07, 6.45) is 4.04. The van der Waals surface area contributed by atoms with Crippen molar-refractivity contribution >= 4 is 5.91 Å². The van der Waals surface area contributed by atoms with Crippen molar-refractivity contribution in [3.63, 3.8) is 0 Å². The van der Waals surface area contributed by atoms with Crippen LogP contribution in [-0.4, -0.2) is 22.5 Å². The Balaban J connectivity index is 1.70. The van der Waals surface area contributed by atoms with E-state index >= 15 is 0 Å². The van der Waals surface area contributed by atoms with E-state index in [-0.39, 0.29) is 24.2 Å². The molecule has 1 aliphatic heterocycles. The van der Waals surface area contributed by atoms with Crippen LogP contribution in [0.4, 0.5) is 4.39 Å². The van der Waals surface area contributed by atoms with Gasteiger partial charge in [-0.05, 0) is 37.0 Å². The lowest BCUT2D eigenvalue weighted by Crippen LogP contribution is -2.32. The Kier molecular flexibility index (Phi) is 4.74. The van der Waals surface area contributed by atoms with Crippen molar-refractivity contribution in [1.29, 1.82) is 0 Å². The number of rotatable bonds is 5. The summed E-state index contributed by atoms with van der Waals surface area (Å²) in [6, 6.07) is 8.06. The van der Waals surface area contributed by atoms with Gasteiger partial charge in [0.1, 0.15) is 17.3 Å². The zero-order valence-electron chi connectivity index (χ0n) is 13.3. The van der Waals surface area contributed by atoms with Crippen molar-refractivity contribution in [2.24, 2.45) is 0 Å². The standard InChI is InChI=1S/C18H21FN2O2/c1-2-4-15-12-16(20-23-15)17-5-3-10-21(17)18(22)11-13-6-8-14(19)9-7-13/h6-9,12,17H,2-5,10-11H2,1H3. The van der Waals surface area contributed by atoms with Crippen molar-refractivity contribution in [3.8, 4) is 0 Å². The highest BCUT2D eigenvalue weighted by atomic mass is 19.1. The number of hydrogen-bond acceptors (Lipinski definition) is 3. The van der Waals surface area contributed by atoms with E-state index in [1.165, 1.54) is 12.1 Å². The Morgan fingerprint density at radius 2 is 2.17 bits per heavy atom. The molecule has 1 atom stereocenters. The number of nitrogens with zero attached hydrogens (tertiary/aromatic N) is 2. The minimum atomic E-state index is -0.286. The molecular weight excluding hydrogens is 295 g/mol. The molecule has 0 radical (unpaired) electrons. The quantitative estimate of drug-likeness (QED) is 0.845. The third-order valence-electron chi connectivity index (χ3n) is 4.26. The summed E-state index contributed by atoms with van der Waals surface area (Å²) >= 11 is 0. The first-order valence-electron chi connectivity index (χ1n) is 8.16. The van der Waals surface area contributed by atoms with Crippen molar-refractivity contribution in [3.05, 3.63) is 53.2 Å². The molecule has 1 amide bonds. The molecule has 1 unspecified atom stereocenters. The SMILES string of the molecule is CCCc1cc(C2CCCN2C(=O)Cc2ccc(F)cc2)no1. The molecule has 0 aliphatic carbocycles. The molecule has 0 N–H and O–H groups in total. The van der Waals surface area contributed by atoms with Crippen LogP contribution in [0.1, 0.15) is 49.2 Å². The van der Waals surface area contributed by atoms with Crippen LogP contribution in [0.25, 0.3) is 0 Å². The molecule has 23 heavy (non-hydrogen) atoms. The van der Waals surface area contributed by atoms with Gasteiger partial charge in [-0.15, -0.1) is 0 Å². The van der Waals surface area contributed by atoms with Gasteiger partial charge in [0.05, 0.1) is 12.5 Å². The van der Waals surface area contributed by atoms with E-state index in [4.69, 9.17) is 4.52 Å². The van der Waals surface area contributed by atoms with E-state index in [1.54, 1.807) is 12.1 Å². The molecule has 4 nitrogen and oxygen atoms in total. The van der Waals surface area contributed by atoms with E-state index in [2.05, 4.69) is 12.1 Å². The van der Waals surface area contributed by atoms with Crippen molar-refractivity contribution in [1.82, 2.24) is 10.1 Å². The number of likely N-dealkylation sites (tertiary alicyclic amines) is 1. The highest BCUT2D eigenvalue weighted by Crippen LogP contribution is 2.32. The number of aryl methyl sites for hydroxylation is 1. The first-order valence-corrected chi connectivity index (χ1v) is 8.16. The van der Waals surface area contributed by atoms with Crippen LogP contribution in [-0.2, 0) is 17.6 Å². The van der Waals surface area contributed by atoms with E-state index in [9.17, 15) is 9.18 Å². The van der Waals surface area contributed by atoms with Gasteiger partial charge in [0.15, 0.2) is 0 Å². The topological polar surface area (TPSA) is 46.3 Å². The minimum Gasteiger partial charge on any atom is -0.361 e. The molecule has 0 bridgehead atoms. The van der Waals surface area contributed by atoms with Gasteiger partial charge in [0, 0.05) is 19.0 Å². The monoisotopic (exact) mass is 316 g/mol. The Labute approximate surface area is 135 Å². The maximum absolute atomic E-state index is 13.0. The van der Waals surface area contributed by atoms with Gasteiger partial charge in [0.2, 0.25) is 5.91 Å². The van der Waals surface area contributed by atoms with Gasteiger partial charge in [-0.2, -0.15) is 0 Å². The van der Waals surface area contributed by atoms with Crippen LogP contribution in [0.2, 0.25) is 0 Å². The summed E-state index contributed by atoms with van der Waals surface area (Å²) in [5.41, 5.74) is 1.67.